The predicted molar refractivity (Wildman–Crippen MR) is 125 cm³/mol. The van der Waals surface area contributed by atoms with Crippen molar-refractivity contribution in [2.75, 3.05) is 25.0 Å². The molecule has 0 aliphatic carbocycles. The third kappa shape index (κ3) is 3.23. The third-order valence-electron chi connectivity index (χ3n) is 7.30. The average Bonchev–Trinajstić information content (AvgIpc) is 3.42. The Bertz CT molecular complexity index is 1180. The smallest absolute Gasteiger partial charge is 0.226 e. The molecule has 0 bridgehead atoms. The molecule has 1 aromatic heterocycles. The molecular weight excluding hydrogens is 422 g/mol. The molecule has 2 saturated heterocycles. The van der Waals surface area contributed by atoms with Crippen molar-refractivity contribution in [2.45, 2.75) is 36.8 Å². The fourth-order valence-electron chi connectivity index (χ4n) is 5.68. The van der Waals surface area contributed by atoms with E-state index in [2.05, 4.69) is 52.5 Å². The monoisotopic (exact) mass is 447 g/mol. The van der Waals surface area contributed by atoms with Crippen molar-refractivity contribution in [3.8, 4) is 5.69 Å². The molecule has 1 amide bonds. The second-order valence-corrected chi connectivity index (χ2v) is 9.76. The SMILES string of the molecule is O=C(Cc1cccc(Cl)c1)N1CCC2(CC1)CC1(CO2)Nc2ccccc2-n2cccc21. The van der Waals surface area contributed by atoms with Gasteiger partial charge in [-0.3, -0.25) is 4.79 Å². The van der Waals surface area contributed by atoms with E-state index >= 15 is 0 Å². The zero-order valence-corrected chi connectivity index (χ0v) is 18.6. The molecule has 6 rings (SSSR count). The summed E-state index contributed by atoms with van der Waals surface area (Å²) < 4.78 is 8.84. The Labute approximate surface area is 192 Å². The van der Waals surface area contributed by atoms with Gasteiger partial charge < -0.3 is 19.5 Å². The van der Waals surface area contributed by atoms with Gasteiger partial charge in [0.15, 0.2) is 0 Å². The maximum absolute atomic E-state index is 12.9. The van der Waals surface area contributed by atoms with Gasteiger partial charge in [-0.2, -0.15) is 0 Å². The van der Waals surface area contributed by atoms with Gasteiger partial charge in [0.05, 0.1) is 35.7 Å². The standard InChI is InChI=1S/C26H26ClN3O2/c27-20-6-3-5-19(15-20)16-24(31)29-13-10-25(11-14-29)17-26(18-32-25)23-9-4-12-30(23)22-8-2-1-7-21(22)28-26/h1-9,12,15,28H,10-11,13-14,16-18H2. The van der Waals surface area contributed by atoms with Crippen LogP contribution in [-0.4, -0.2) is 40.7 Å². The van der Waals surface area contributed by atoms with Gasteiger partial charge in [0.2, 0.25) is 5.91 Å². The van der Waals surface area contributed by atoms with Crippen molar-refractivity contribution >= 4 is 23.2 Å². The first-order valence-corrected chi connectivity index (χ1v) is 11.7. The van der Waals surface area contributed by atoms with E-state index in [9.17, 15) is 4.79 Å². The van der Waals surface area contributed by atoms with Crippen molar-refractivity contribution in [1.82, 2.24) is 9.47 Å². The van der Waals surface area contributed by atoms with Gasteiger partial charge in [0.1, 0.15) is 5.54 Å². The van der Waals surface area contributed by atoms with Crippen molar-refractivity contribution in [1.29, 1.82) is 0 Å². The first-order valence-electron chi connectivity index (χ1n) is 11.3. The van der Waals surface area contributed by atoms with E-state index in [0.29, 0.717) is 18.1 Å². The fourth-order valence-corrected chi connectivity index (χ4v) is 5.90. The van der Waals surface area contributed by atoms with E-state index < -0.39 is 0 Å². The molecule has 0 radical (unpaired) electrons. The molecular formula is C26H26ClN3O2. The van der Waals surface area contributed by atoms with E-state index in [4.69, 9.17) is 16.3 Å². The summed E-state index contributed by atoms with van der Waals surface area (Å²) in [5, 5.41) is 4.49. The van der Waals surface area contributed by atoms with Crippen molar-refractivity contribution in [2.24, 2.45) is 0 Å². The number of nitrogens with zero attached hydrogens (tertiary/aromatic N) is 2. The zero-order valence-electron chi connectivity index (χ0n) is 17.9. The molecule has 4 heterocycles. The maximum Gasteiger partial charge on any atom is 0.226 e. The highest BCUT2D eigenvalue weighted by Gasteiger charge is 2.54. The number of halogens is 1. The minimum absolute atomic E-state index is 0.161. The van der Waals surface area contributed by atoms with E-state index in [1.165, 1.54) is 11.4 Å². The third-order valence-corrected chi connectivity index (χ3v) is 7.53. The summed E-state index contributed by atoms with van der Waals surface area (Å²) in [5.74, 6) is 0.161. The number of anilines is 1. The minimum atomic E-state index is -0.231. The molecule has 1 atom stereocenters. The molecule has 3 aliphatic rings. The molecule has 3 aromatic rings. The number of piperidine rings is 1. The average molecular weight is 448 g/mol. The van der Waals surface area contributed by atoms with Crippen LogP contribution in [0.25, 0.3) is 5.69 Å². The summed E-state index contributed by atoms with van der Waals surface area (Å²) in [6.07, 6.45) is 5.16. The summed E-state index contributed by atoms with van der Waals surface area (Å²) in [6.45, 7) is 2.10. The minimum Gasteiger partial charge on any atom is -0.372 e. The number of nitrogens with one attached hydrogen (secondary N) is 1. The second-order valence-electron chi connectivity index (χ2n) is 9.32. The van der Waals surface area contributed by atoms with Crippen LogP contribution in [0.1, 0.15) is 30.5 Å². The van der Waals surface area contributed by atoms with E-state index in [-0.39, 0.29) is 17.0 Å². The first kappa shape index (κ1) is 19.9. The number of hydrogen-bond acceptors (Lipinski definition) is 3. The Kier molecular flexibility index (Phi) is 4.60. The van der Waals surface area contributed by atoms with Crippen LogP contribution in [-0.2, 0) is 21.5 Å². The van der Waals surface area contributed by atoms with Crippen molar-refractivity contribution in [3.63, 3.8) is 0 Å². The lowest BCUT2D eigenvalue weighted by Crippen LogP contribution is -2.48. The molecule has 2 spiro atoms. The summed E-state index contributed by atoms with van der Waals surface area (Å²) in [6, 6.07) is 20.3. The van der Waals surface area contributed by atoms with Gasteiger partial charge in [0, 0.05) is 30.7 Å². The number of rotatable bonds is 2. The van der Waals surface area contributed by atoms with Gasteiger partial charge >= 0.3 is 0 Å². The molecule has 1 unspecified atom stereocenters. The number of hydrogen-bond donors (Lipinski definition) is 1. The first-order chi connectivity index (χ1) is 15.6. The van der Waals surface area contributed by atoms with Crippen LogP contribution < -0.4 is 5.32 Å². The summed E-state index contributed by atoms with van der Waals surface area (Å²) in [4.78, 5) is 14.8. The topological polar surface area (TPSA) is 46.5 Å². The van der Waals surface area contributed by atoms with Crippen LogP contribution >= 0.6 is 11.6 Å². The number of ether oxygens (including phenoxy) is 1. The summed E-state index contributed by atoms with van der Waals surface area (Å²) in [7, 11) is 0. The molecule has 2 fully saturated rings. The Hall–Kier alpha value is -2.76. The van der Waals surface area contributed by atoms with E-state index in [1.54, 1.807) is 0 Å². The predicted octanol–water partition coefficient (Wildman–Crippen LogP) is 4.78. The number of likely N-dealkylation sites (tertiary alicyclic amines) is 1. The van der Waals surface area contributed by atoms with Crippen molar-refractivity contribution in [3.05, 3.63) is 83.1 Å². The van der Waals surface area contributed by atoms with Crippen LogP contribution in [0.3, 0.4) is 0 Å². The molecule has 3 aliphatic heterocycles. The number of carbonyl (C=O) groups excluding carboxylic acids is 1. The van der Waals surface area contributed by atoms with Crippen molar-refractivity contribution < 1.29 is 9.53 Å². The molecule has 0 saturated carbocycles. The van der Waals surface area contributed by atoms with Crippen LogP contribution in [0.15, 0.2) is 66.9 Å². The number of fused-ring (bicyclic) bond motifs is 4. The molecule has 32 heavy (non-hydrogen) atoms. The Morgan fingerprint density at radius 1 is 1.06 bits per heavy atom. The van der Waals surface area contributed by atoms with Gasteiger partial charge in [-0.15, -0.1) is 0 Å². The lowest BCUT2D eigenvalue weighted by atomic mass is 9.79. The second kappa shape index (κ2) is 7.39. The normalized spacial score (nSPS) is 23.1. The molecule has 6 heteroatoms. The molecule has 5 nitrogen and oxygen atoms in total. The zero-order chi connectivity index (χ0) is 21.8. The summed E-state index contributed by atoms with van der Waals surface area (Å²) >= 11 is 6.08. The van der Waals surface area contributed by atoms with E-state index in [0.717, 1.165) is 43.6 Å². The highest BCUT2D eigenvalue weighted by atomic mass is 35.5. The summed E-state index contributed by atoms with van der Waals surface area (Å²) in [5.41, 5.74) is 4.12. The van der Waals surface area contributed by atoms with E-state index in [1.807, 2.05) is 29.2 Å². The lowest BCUT2D eigenvalue weighted by Gasteiger charge is -2.41. The Balaban J connectivity index is 1.17. The Morgan fingerprint density at radius 2 is 1.91 bits per heavy atom. The maximum atomic E-state index is 12.9. The highest BCUT2D eigenvalue weighted by molar-refractivity contribution is 6.30. The number of amides is 1. The van der Waals surface area contributed by atoms with Crippen LogP contribution in [0, 0.1) is 0 Å². The lowest BCUT2D eigenvalue weighted by molar-refractivity contribution is -0.135. The molecule has 164 valence electrons. The number of carbonyl (C=O) groups is 1. The van der Waals surface area contributed by atoms with Gasteiger partial charge in [-0.05, 0) is 54.8 Å². The molecule has 1 N–H and O–H groups in total. The number of benzene rings is 2. The van der Waals surface area contributed by atoms with Crippen LogP contribution in [0.4, 0.5) is 5.69 Å². The largest absolute Gasteiger partial charge is 0.372 e. The fraction of sp³-hybridized carbons (Fsp3) is 0.346. The van der Waals surface area contributed by atoms with Crippen LogP contribution in [0.2, 0.25) is 5.02 Å². The number of aromatic nitrogens is 1. The highest BCUT2D eigenvalue weighted by Crippen LogP contribution is 2.50. The molecule has 2 aromatic carbocycles. The van der Waals surface area contributed by atoms with Gasteiger partial charge in [0.25, 0.3) is 0 Å². The number of para-hydroxylation sites is 2. The quantitative estimate of drug-likeness (QED) is 0.615. The van der Waals surface area contributed by atoms with Gasteiger partial charge in [-0.1, -0.05) is 35.9 Å². The Morgan fingerprint density at radius 3 is 2.75 bits per heavy atom. The van der Waals surface area contributed by atoms with Gasteiger partial charge in [-0.25, -0.2) is 0 Å². The van der Waals surface area contributed by atoms with Crippen LogP contribution in [0.5, 0.6) is 0 Å².